The number of anilines is 1. The average molecular weight is 429 g/mol. The smallest absolute Gasteiger partial charge is 0.414 e. The van der Waals surface area contributed by atoms with Crippen LogP contribution in [0.1, 0.15) is 35.6 Å². The molecule has 30 heavy (non-hydrogen) atoms. The lowest BCUT2D eigenvalue weighted by Crippen LogP contribution is -2.30. The molecule has 1 aromatic heterocycles. The minimum Gasteiger partial charge on any atom is -0.497 e. The zero-order chi connectivity index (χ0) is 22.3. The number of carbonyl (C=O) groups excluding carboxylic acids is 1. The molecule has 1 heterocycles. The Balaban J connectivity index is 2.17. The third kappa shape index (κ3) is 6.12. The summed E-state index contributed by atoms with van der Waals surface area (Å²) < 4.78 is 54.2. The van der Waals surface area contributed by atoms with Gasteiger partial charge in [-0.05, 0) is 38.5 Å². The molecule has 0 saturated carbocycles. The second-order valence-corrected chi connectivity index (χ2v) is 6.52. The summed E-state index contributed by atoms with van der Waals surface area (Å²) in [6.45, 7) is 4.71. The zero-order valence-corrected chi connectivity index (χ0v) is 17.4. The van der Waals surface area contributed by atoms with Crippen molar-refractivity contribution in [3.05, 3.63) is 41.2 Å². The van der Waals surface area contributed by atoms with Crippen molar-refractivity contribution in [1.82, 2.24) is 9.78 Å². The molecule has 1 atom stereocenters. The lowest BCUT2D eigenvalue weighted by molar-refractivity contribution is -0.213. The molecule has 0 saturated heterocycles. The van der Waals surface area contributed by atoms with Crippen LogP contribution in [0.15, 0.2) is 24.3 Å². The number of methoxy groups -OCH3 is 1. The number of hydrogen-bond donors (Lipinski definition) is 1. The first-order valence-electron chi connectivity index (χ1n) is 9.47. The van der Waals surface area contributed by atoms with E-state index >= 15 is 0 Å². The summed E-state index contributed by atoms with van der Waals surface area (Å²) in [5.41, 5.74) is 2.02. The van der Waals surface area contributed by atoms with Gasteiger partial charge in [0.1, 0.15) is 5.75 Å². The van der Waals surface area contributed by atoms with Crippen LogP contribution in [0.5, 0.6) is 5.75 Å². The number of aromatic nitrogens is 2. The summed E-state index contributed by atoms with van der Waals surface area (Å²) in [5, 5.41) is 7.36. The van der Waals surface area contributed by atoms with Crippen molar-refractivity contribution < 1.29 is 32.2 Å². The first-order valence-corrected chi connectivity index (χ1v) is 9.47. The van der Waals surface area contributed by atoms with Crippen LogP contribution >= 0.6 is 0 Å². The van der Waals surface area contributed by atoms with Gasteiger partial charge in [-0.25, -0.2) is 4.79 Å². The van der Waals surface area contributed by atoms with Crippen LogP contribution < -0.4 is 10.1 Å². The van der Waals surface area contributed by atoms with E-state index in [-0.39, 0.29) is 25.5 Å². The Labute approximate surface area is 173 Å². The monoisotopic (exact) mass is 429 g/mol. The van der Waals surface area contributed by atoms with Gasteiger partial charge < -0.3 is 19.5 Å². The SMILES string of the molecule is CCOC(=O)c1c(NCCOC(C)C(F)(F)F)c(C)nn1Cc1ccc(OC)cc1. The van der Waals surface area contributed by atoms with E-state index in [4.69, 9.17) is 14.2 Å². The van der Waals surface area contributed by atoms with Gasteiger partial charge in [-0.1, -0.05) is 12.1 Å². The van der Waals surface area contributed by atoms with Gasteiger partial charge in [-0.15, -0.1) is 0 Å². The van der Waals surface area contributed by atoms with Gasteiger partial charge in [-0.3, -0.25) is 4.68 Å². The number of esters is 1. The highest BCUT2D eigenvalue weighted by atomic mass is 19.4. The van der Waals surface area contributed by atoms with E-state index < -0.39 is 18.2 Å². The van der Waals surface area contributed by atoms with E-state index in [0.717, 1.165) is 12.5 Å². The van der Waals surface area contributed by atoms with Crippen molar-refractivity contribution >= 4 is 11.7 Å². The number of alkyl halides is 3. The van der Waals surface area contributed by atoms with Crippen molar-refractivity contribution in [2.75, 3.05) is 32.2 Å². The number of aryl methyl sites for hydroxylation is 1. The Hall–Kier alpha value is -2.75. The Morgan fingerprint density at radius 2 is 1.93 bits per heavy atom. The summed E-state index contributed by atoms with van der Waals surface area (Å²) >= 11 is 0. The quantitative estimate of drug-likeness (QED) is 0.457. The summed E-state index contributed by atoms with van der Waals surface area (Å²) in [7, 11) is 1.57. The molecular weight excluding hydrogens is 403 g/mol. The number of nitrogens with one attached hydrogen (secondary N) is 1. The van der Waals surface area contributed by atoms with E-state index in [9.17, 15) is 18.0 Å². The molecule has 1 unspecified atom stereocenters. The van der Waals surface area contributed by atoms with E-state index in [1.54, 1.807) is 33.1 Å². The molecule has 0 aliphatic rings. The molecule has 0 radical (unpaired) electrons. The minimum atomic E-state index is -4.42. The molecule has 0 aliphatic heterocycles. The molecule has 0 aliphatic carbocycles. The number of carbonyl (C=O) groups is 1. The molecule has 2 rings (SSSR count). The lowest BCUT2D eigenvalue weighted by Gasteiger charge is -2.17. The maximum atomic E-state index is 12.5. The Kier molecular flexibility index (Phi) is 8.10. The number of hydrogen-bond acceptors (Lipinski definition) is 6. The molecule has 0 fully saturated rings. The van der Waals surface area contributed by atoms with Crippen molar-refractivity contribution in [2.24, 2.45) is 0 Å². The number of nitrogens with zero attached hydrogens (tertiary/aromatic N) is 2. The van der Waals surface area contributed by atoms with Gasteiger partial charge in [0.25, 0.3) is 0 Å². The van der Waals surface area contributed by atoms with Gasteiger partial charge in [0.2, 0.25) is 0 Å². The molecular formula is C20H26F3N3O4. The topological polar surface area (TPSA) is 74.6 Å². The van der Waals surface area contributed by atoms with Crippen LogP contribution in [-0.2, 0) is 16.0 Å². The molecule has 7 nitrogen and oxygen atoms in total. The Morgan fingerprint density at radius 1 is 1.27 bits per heavy atom. The van der Waals surface area contributed by atoms with Crippen molar-refractivity contribution in [3.63, 3.8) is 0 Å². The van der Waals surface area contributed by atoms with Crippen LogP contribution in [0.25, 0.3) is 0 Å². The standard InChI is InChI=1S/C20H26F3N3O4/c1-5-29-19(27)18-17(24-10-11-30-14(3)20(21,22)23)13(2)25-26(18)12-15-6-8-16(28-4)9-7-15/h6-9,14,24H,5,10-12H2,1-4H3. The molecule has 1 aromatic carbocycles. The summed E-state index contributed by atoms with van der Waals surface area (Å²) in [5.74, 6) is 0.134. The highest BCUT2D eigenvalue weighted by Crippen LogP contribution is 2.24. The number of benzene rings is 1. The van der Waals surface area contributed by atoms with E-state index in [1.165, 1.54) is 4.68 Å². The minimum absolute atomic E-state index is 0.0713. The Bertz CT molecular complexity index is 835. The lowest BCUT2D eigenvalue weighted by atomic mass is 10.2. The Morgan fingerprint density at radius 3 is 2.50 bits per heavy atom. The highest BCUT2D eigenvalue weighted by Gasteiger charge is 2.36. The van der Waals surface area contributed by atoms with Gasteiger partial charge in [0.05, 0.1) is 38.2 Å². The number of rotatable bonds is 10. The molecule has 0 spiro atoms. The summed E-state index contributed by atoms with van der Waals surface area (Å²) in [6.07, 6.45) is -6.29. The molecule has 10 heteroatoms. The largest absolute Gasteiger partial charge is 0.497 e. The van der Waals surface area contributed by atoms with Crippen LogP contribution in [0.4, 0.5) is 18.9 Å². The normalized spacial score (nSPS) is 12.5. The predicted octanol–water partition coefficient (Wildman–Crippen LogP) is 3.80. The van der Waals surface area contributed by atoms with Crippen LogP contribution in [-0.4, -0.2) is 54.9 Å². The van der Waals surface area contributed by atoms with E-state index in [1.807, 2.05) is 12.1 Å². The fourth-order valence-electron chi connectivity index (χ4n) is 2.72. The molecule has 1 N–H and O–H groups in total. The van der Waals surface area contributed by atoms with Crippen LogP contribution in [0.2, 0.25) is 0 Å². The van der Waals surface area contributed by atoms with Gasteiger partial charge in [0.15, 0.2) is 11.8 Å². The van der Waals surface area contributed by atoms with Gasteiger partial charge in [0, 0.05) is 6.54 Å². The van der Waals surface area contributed by atoms with E-state index in [0.29, 0.717) is 23.7 Å². The van der Waals surface area contributed by atoms with E-state index in [2.05, 4.69) is 10.4 Å². The first-order chi connectivity index (χ1) is 14.2. The number of halogens is 3. The predicted molar refractivity (Wildman–Crippen MR) is 105 cm³/mol. The average Bonchev–Trinajstić information content (AvgIpc) is 3.00. The summed E-state index contributed by atoms with van der Waals surface area (Å²) in [6, 6.07) is 7.30. The van der Waals surface area contributed by atoms with Crippen molar-refractivity contribution in [3.8, 4) is 5.75 Å². The zero-order valence-electron chi connectivity index (χ0n) is 17.4. The first kappa shape index (κ1) is 23.5. The van der Waals surface area contributed by atoms with Gasteiger partial charge in [-0.2, -0.15) is 18.3 Å². The van der Waals surface area contributed by atoms with Crippen LogP contribution in [0, 0.1) is 6.92 Å². The fraction of sp³-hybridized carbons (Fsp3) is 0.500. The number of ether oxygens (including phenoxy) is 3. The molecule has 2 aromatic rings. The molecule has 0 amide bonds. The fourth-order valence-corrected chi connectivity index (χ4v) is 2.72. The third-order valence-electron chi connectivity index (χ3n) is 4.32. The second kappa shape index (κ2) is 10.3. The molecule has 166 valence electrons. The highest BCUT2D eigenvalue weighted by molar-refractivity contribution is 5.94. The van der Waals surface area contributed by atoms with Crippen LogP contribution in [0.3, 0.4) is 0 Å². The second-order valence-electron chi connectivity index (χ2n) is 6.52. The van der Waals surface area contributed by atoms with Crippen molar-refractivity contribution in [2.45, 2.75) is 39.6 Å². The molecule has 0 bridgehead atoms. The van der Waals surface area contributed by atoms with Gasteiger partial charge >= 0.3 is 12.1 Å². The van der Waals surface area contributed by atoms with Crippen molar-refractivity contribution in [1.29, 1.82) is 0 Å². The maximum Gasteiger partial charge on any atom is 0.414 e. The summed E-state index contributed by atoms with van der Waals surface area (Å²) in [4.78, 5) is 12.5. The maximum absolute atomic E-state index is 12.5. The third-order valence-corrected chi connectivity index (χ3v) is 4.32.